The summed E-state index contributed by atoms with van der Waals surface area (Å²) in [7, 11) is 0. The molecule has 2 amide bonds. The summed E-state index contributed by atoms with van der Waals surface area (Å²) in [6, 6.07) is 3.93. The van der Waals surface area contributed by atoms with E-state index in [2.05, 4.69) is 4.98 Å². The minimum Gasteiger partial charge on any atom is -0.447 e. The van der Waals surface area contributed by atoms with Crippen LogP contribution in [0.4, 0.5) is 4.79 Å². The van der Waals surface area contributed by atoms with Gasteiger partial charge >= 0.3 is 6.09 Å². The lowest BCUT2D eigenvalue weighted by atomic mass is 9.93. The summed E-state index contributed by atoms with van der Waals surface area (Å²) >= 11 is 0. The number of aryl methyl sites for hydroxylation is 1. The van der Waals surface area contributed by atoms with Crippen LogP contribution in [0.5, 0.6) is 0 Å². The van der Waals surface area contributed by atoms with Gasteiger partial charge in [-0.2, -0.15) is 0 Å². The Labute approximate surface area is 139 Å². The van der Waals surface area contributed by atoms with E-state index in [1.165, 1.54) is 0 Å². The Morgan fingerprint density at radius 1 is 1.42 bits per heavy atom. The first-order valence-electron chi connectivity index (χ1n) is 8.21. The smallest absolute Gasteiger partial charge is 0.410 e. The van der Waals surface area contributed by atoms with Gasteiger partial charge in [0, 0.05) is 32.0 Å². The molecule has 4 rings (SSSR count). The van der Waals surface area contributed by atoms with Gasteiger partial charge in [-0.05, 0) is 31.0 Å². The third-order valence-corrected chi connectivity index (χ3v) is 5.12. The van der Waals surface area contributed by atoms with E-state index in [-0.39, 0.29) is 12.0 Å². The number of carbonyl (C=O) groups excluding carboxylic acids is 2. The molecule has 0 radical (unpaired) electrons. The van der Waals surface area contributed by atoms with Gasteiger partial charge in [0.15, 0.2) is 0 Å². The van der Waals surface area contributed by atoms with Gasteiger partial charge in [-0.25, -0.2) is 9.78 Å². The Hall–Kier alpha value is -2.57. The van der Waals surface area contributed by atoms with Gasteiger partial charge in [-0.15, -0.1) is 0 Å². The average Bonchev–Trinajstić information content (AvgIpc) is 3.15. The van der Waals surface area contributed by atoms with Crippen LogP contribution in [0.2, 0.25) is 0 Å². The molecule has 126 valence electrons. The molecule has 1 atom stereocenters. The number of hydrogen-bond donors (Lipinski definition) is 0. The quantitative estimate of drug-likeness (QED) is 0.841. The van der Waals surface area contributed by atoms with Crippen molar-refractivity contribution in [2.24, 2.45) is 0 Å². The van der Waals surface area contributed by atoms with Crippen molar-refractivity contribution >= 4 is 17.6 Å². The van der Waals surface area contributed by atoms with E-state index in [0.29, 0.717) is 31.9 Å². The molecule has 0 bridgehead atoms. The molecule has 2 aromatic rings. The number of carbonyl (C=O) groups is 2. The Kier molecular flexibility index (Phi) is 3.26. The van der Waals surface area contributed by atoms with Crippen LogP contribution in [-0.2, 0) is 4.74 Å². The molecular formula is C17H20N4O3. The number of rotatable bonds is 2. The predicted molar refractivity (Wildman–Crippen MR) is 86.9 cm³/mol. The summed E-state index contributed by atoms with van der Waals surface area (Å²) in [6.45, 7) is 5.86. The first-order valence-corrected chi connectivity index (χ1v) is 8.21. The highest BCUT2D eigenvalue weighted by atomic mass is 16.6. The summed E-state index contributed by atoms with van der Waals surface area (Å²) in [6.07, 6.45) is 4.15. The van der Waals surface area contributed by atoms with E-state index in [1.807, 2.05) is 36.6 Å². The number of piperazine rings is 1. The number of ether oxygens (including phenoxy) is 1. The van der Waals surface area contributed by atoms with Crippen LogP contribution in [0, 0.1) is 6.92 Å². The van der Waals surface area contributed by atoms with Gasteiger partial charge in [0.2, 0.25) is 0 Å². The monoisotopic (exact) mass is 328 g/mol. The maximum atomic E-state index is 12.9. The molecule has 7 nitrogen and oxygen atoms in total. The SMILES string of the molecule is CCC12COC(=O)N1CCN(C(=O)c1cn3ccc(C)cc3n1)C2. The maximum Gasteiger partial charge on any atom is 0.410 e. The summed E-state index contributed by atoms with van der Waals surface area (Å²) in [4.78, 5) is 32.8. The molecule has 7 heteroatoms. The summed E-state index contributed by atoms with van der Waals surface area (Å²) < 4.78 is 7.07. The highest BCUT2D eigenvalue weighted by molar-refractivity contribution is 5.93. The van der Waals surface area contributed by atoms with E-state index >= 15 is 0 Å². The molecule has 0 aliphatic carbocycles. The normalized spacial score (nSPS) is 23.5. The Balaban J connectivity index is 1.61. The van der Waals surface area contributed by atoms with E-state index in [9.17, 15) is 9.59 Å². The third-order valence-electron chi connectivity index (χ3n) is 5.12. The summed E-state index contributed by atoms with van der Waals surface area (Å²) in [5.41, 5.74) is 1.90. The molecule has 2 aliphatic heterocycles. The maximum absolute atomic E-state index is 12.9. The fourth-order valence-corrected chi connectivity index (χ4v) is 3.59. The average molecular weight is 328 g/mol. The number of imidazole rings is 1. The van der Waals surface area contributed by atoms with Crippen molar-refractivity contribution in [1.82, 2.24) is 19.2 Å². The molecule has 0 N–H and O–H groups in total. The van der Waals surface area contributed by atoms with Crippen LogP contribution in [0.25, 0.3) is 5.65 Å². The van der Waals surface area contributed by atoms with Gasteiger partial charge in [0.25, 0.3) is 5.91 Å². The molecule has 2 aromatic heterocycles. The van der Waals surface area contributed by atoms with Crippen molar-refractivity contribution in [2.75, 3.05) is 26.2 Å². The lowest BCUT2D eigenvalue weighted by Gasteiger charge is -2.44. The lowest BCUT2D eigenvalue weighted by Crippen LogP contribution is -2.62. The number of nitrogens with zero attached hydrogens (tertiary/aromatic N) is 4. The van der Waals surface area contributed by atoms with Gasteiger partial charge in [0.05, 0.1) is 5.54 Å². The van der Waals surface area contributed by atoms with Crippen molar-refractivity contribution in [1.29, 1.82) is 0 Å². The molecular weight excluding hydrogens is 308 g/mol. The second kappa shape index (κ2) is 5.22. The van der Waals surface area contributed by atoms with Crippen molar-refractivity contribution in [3.8, 4) is 0 Å². The fourth-order valence-electron chi connectivity index (χ4n) is 3.59. The summed E-state index contributed by atoms with van der Waals surface area (Å²) in [5, 5.41) is 0. The van der Waals surface area contributed by atoms with Crippen LogP contribution in [0.1, 0.15) is 29.4 Å². The fraction of sp³-hybridized carbons (Fsp3) is 0.471. The van der Waals surface area contributed by atoms with Crippen molar-refractivity contribution in [3.63, 3.8) is 0 Å². The van der Waals surface area contributed by atoms with Crippen molar-refractivity contribution in [2.45, 2.75) is 25.8 Å². The van der Waals surface area contributed by atoms with Crippen LogP contribution in [0.15, 0.2) is 24.5 Å². The number of hydrogen-bond acceptors (Lipinski definition) is 4. The zero-order chi connectivity index (χ0) is 16.9. The highest BCUT2D eigenvalue weighted by Crippen LogP contribution is 2.32. The largest absolute Gasteiger partial charge is 0.447 e. The molecule has 2 aliphatic rings. The van der Waals surface area contributed by atoms with E-state index in [4.69, 9.17) is 4.74 Å². The standard InChI is InChI=1S/C17H20N4O3/c1-3-17-10-20(6-7-21(17)16(23)24-11-17)15(22)13-9-19-5-4-12(2)8-14(19)18-13/h4-5,8-9H,3,6-7,10-11H2,1-2H3. The van der Waals surface area contributed by atoms with E-state index in [0.717, 1.165) is 17.6 Å². The molecule has 1 unspecified atom stereocenters. The van der Waals surface area contributed by atoms with Crippen LogP contribution in [0.3, 0.4) is 0 Å². The Morgan fingerprint density at radius 3 is 3.04 bits per heavy atom. The molecule has 4 heterocycles. The second-order valence-electron chi connectivity index (χ2n) is 6.61. The van der Waals surface area contributed by atoms with Crippen molar-refractivity contribution < 1.29 is 14.3 Å². The van der Waals surface area contributed by atoms with Gasteiger partial charge in [0.1, 0.15) is 17.9 Å². The number of fused-ring (bicyclic) bond motifs is 2. The number of amides is 2. The molecule has 2 fully saturated rings. The number of aromatic nitrogens is 2. The highest BCUT2D eigenvalue weighted by Gasteiger charge is 2.50. The molecule has 2 saturated heterocycles. The summed E-state index contributed by atoms with van der Waals surface area (Å²) in [5.74, 6) is -0.0943. The third kappa shape index (κ3) is 2.15. The molecule has 0 saturated carbocycles. The van der Waals surface area contributed by atoms with E-state index in [1.54, 1.807) is 16.0 Å². The van der Waals surface area contributed by atoms with Gasteiger partial charge in [-0.3, -0.25) is 9.69 Å². The van der Waals surface area contributed by atoms with Crippen LogP contribution >= 0.6 is 0 Å². The predicted octanol–water partition coefficient (Wildman–Crippen LogP) is 1.70. The number of cyclic esters (lactones) is 1. The Morgan fingerprint density at radius 2 is 2.25 bits per heavy atom. The number of pyridine rings is 1. The lowest BCUT2D eigenvalue weighted by molar-refractivity contribution is 0.0358. The zero-order valence-electron chi connectivity index (χ0n) is 13.9. The first kappa shape index (κ1) is 15.0. The minimum atomic E-state index is -0.402. The zero-order valence-corrected chi connectivity index (χ0v) is 13.9. The van der Waals surface area contributed by atoms with Crippen LogP contribution in [-0.4, -0.2) is 63.0 Å². The van der Waals surface area contributed by atoms with Gasteiger partial charge in [-0.1, -0.05) is 6.92 Å². The molecule has 0 spiro atoms. The van der Waals surface area contributed by atoms with Gasteiger partial charge < -0.3 is 14.0 Å². The first-order chi connectivity index (χ1) is 11.5. The van der Waals surface area contributed by atoms with Crippen molar-refractivity contribution in [3.05, 3.63) is 35.8 Å². The van der Waals surface area contributed by atoms with E-state index < -0.39 is 5.54 Å². The molecule has 0 aromatic carbocycles. The Bertz CT molecular complexity index is 830. The second-order valence-corrected chi connectivity index (χ2v) is 6.61. The topological polar surface area (TPSA) is 67.2 Å². The molecule has 24 heavy (non-hydrogen) atoms. The minimum absolute atomic E-state index is 0.0943. The van der Waals surface area contributed by atoms with Crippen LogP contribution < -0.4 is 0 Å².